The second kappa shape index (κ2) is 4.63. The Bertz CT molecular complexity index is 548. The molecular weight excluding hydrogens is 260 g/mol. The molecule has 0 atom stereocenters. The number of hydrogen-bond acceptors (Lipinski definition) is 5. The minimum atomic E-state index is -3.59. The molecule has 0 bridgehead atoms. The molecular formula is C10H12N2O5S. The third kappa shape index (κ3) is 2.22. The van der Waals surface area contributed by atoms with E-state index in [4.69, 9.17) is 5.11 Å². The third-order valence-electron chi connectivity index (χ3n) is 2.87. The van der Waals surface area contributed by atoms with Gasteiger partial charge in [0.1, 0.15) is 0 Å². The summed E-state index contributed by atoms with van der Waals surface area (Å²) in [6.07, 6.45) is 0. The highest BCUT2D eigenvalue weighted by atomic mass is 32.2. The van der Waals surface area contributed by atoms with Crippen molar-refractivity contribution in [3.05, 3.63) is 34.4 Å². The lowest BCUT2D eigenvalue weighted by molar-refractivity contribution is -0.384. The Hall–Kier alpha value is -1.51. The average Bonchev–Trinajstić information content (AvgIpc) is 2.27. The molecule has 8 heteroatoms. The normalized spacial score (nSPS) is 17.4. The molecule has 18 heavy (non-hydrogen) atoms. The number of aliphatic hydroxyl groups is 1. The van der Waals surface area contributed by atoms with Crippen molar-refractivity contribution >= 4 is 15.7 Å². The zero-order valence-electron chi connectivity index (χ0n) is 9.39. The van der Waals surface area contributed by atoms with Gasteiger partial charge in [-0.2, -0.15) is 4.31 Å². The van der Waals surface area contributed by atoms with Crippen LogP contribution in [-0.2, 0) is 10.0 Å². The highest BCUT2D eigenvalue weighted by Crippen LogP contribution is 2.25. The van der Waals surface area contributed by atoms with Gasteiger partial charge in [-0.25, -0.2) is 8.42 Å². The topological polar surface area (TPSA) is 101 Å². The lowest BCUT2D eigenvalue weighted by Gasteiger charge is -2.36. The van der Waals surface area contributed by atoms with Crippen molar-refractivity contribution in [3.8, 4) is 0 Å². The Morgan fingerprint density at radius 2 is 1.89 bits per heavy atom. The highest BCUT2D eigenvalue weighted by Gasteiger charge is 2.36. The fourth-order valence-corrected chi connectivity index (χ4v) is 3.32. The Morgan fingerprint density at radius 3 is 2.33 bits per heavy atom. The van der Waals surface area contributed by atoms with Crippen molar-refractivity contribution in [2.45, 2.75) is 4.90 Å². The van der Waals surface area contributed by atoms with Gasteiger partial charge in [0, 0.05) is 37.7 Å². The van der Waals surface area contributed by atoms with Crippen LogP contribution in [0, 0.1) is 16.0 Å². The largest absolute Gasteiger partial charge is 0.396 e. The van der Waals surface area contributed by atoms with E-state index in [0.29, 0.717) is 0 Å². The van der Waals surface area contributed by atoms with E-state index in [1.807, 2.05) is 0 Å². The van der Waals surface area contributed by atoms with Crippen molar-refractivity contribution in [2.24, 2.45) is 5.92 Å². The second-order valence-electron chi connectivity index (χ2n) is 4.12. The minimum Gasteiger partial charge on any atom is -0.396 e. The van der Waals surface area contributed by atoms with Crippen LogP contribution in [0.4, 0.5) is 5.69 Å². The first-order valence-electron chi connectivity index (χ1n) is 5.30. The molecule has 1 N–H and O–H groups in total. The number of non-ortho nitro benzene ring substituents is 1. The van der Waals surface area contributed by atoms with Gasteiger partial charge in [0.05, 0.1) is 9.82 Å². The molecule has 1 aliphatic heterocycles. The third-order valence-corrected chi connectivity index (χ3v) is 4.71. The molecule has 2 rings (SSSR count). The van der Waals surface area contributed by atoms with Gasteiger partial charge < -0.3 is 5.11 Å². The first-order valence-corrected chi connectivity index (χ1v) is 6.74. The number of rotatable bonds is 4. The minimum absolute atomic E-state index is 0.0159. The van der Waals surface area contributed by atoms with Gasteiger partial charge in [-0.15, -0.1) is 0 Å². The molecule has 1 saturated heterocycles. The first-order chi connectivity index (χ1) is 8.45. The molecule has 1 heterocycles. The van der Waals surface area contributed by atoms with Crippen LogP contribution < -0.4 is 0 Å². The van der Waals surface area contributed by atoms with Crippen molar-refractivity contribution in [1.29, 1.82) is 0 Å². The van der Waals surface area contributed by atoms with E-state index >= 15 is 0 Å². The molecule has 0 saturated carbocycles. The van der Waals surface area contributed by atoms with Crippen LogP contribution in [0.25, 0.3) is 0 Å². The van der Waals surface area contributed by atoms with E-state index in [2.05, 4.69) is 0 Å². The van der Waals surface area contributed by atoms with E-state index < -0.39 is 14.9 Å². The fourth-order valence-electron chi connectivity index (χ4n) is 1.72. The Kier molecular flexibility index (Phi) is 3.33. The monoisotopic (exact) mass is 272 g/mol. The molecule has 1 aromatic rings. The van der Waals surface area contributed by atoms with Crippen LogP contribution in [-0.4, -0.2) is 42.4 Å². The lowest BCUT2D eigenvalue weighted by Crippen LogP contribution is -2.51. The smallest absolute Gasteiger partial charge is 0.269 e. The highest BCUT2D eigenvalue weighted by molar-refractivity contribution is 7.89. The van der Waals surface area contributed by atoms with Crippen molar-refractivity contribution < 1.29 is 18.4 Å². The first kappa shape index (κ1) is 12.9. The number of aliphatic hydroxyl groups excluding tert-OH is 1. The molecule has 1 aliphatic rings. The summed E-state index contributed by atoms with van der Waals surface area (Å²) >= 11 is 0. The zero-order valence-corrected chi connectivity index (χ0v) is 10.2. The van der Waals surface area contributed by atoms with E-state index in [-0.39, 0.29) is 36.2 Å². The lowest BCUT2D eigenvalue weighted by atomic mass is 10.1. The predicted octanol–water partition coefficient (Wildman–Crippen LogP) is 0.208. The Balaban J connectivity index is 2.18. The number of benzene rings is 1. The second-order valence-corrected chi connectivity index (χ2v) is 6.06. The summed E-state index contributed by atoms with van der Waals surface area (Å²) in [5, 5.41) is 19.3. The molecule has 0 radical (unpaired) electrons. The summed E-state index contributed by atoms with van der Waals surface area (Å²) in [4.78, 5) is 9.91. The Labute approximate surface area is 104 Å². The van der Waals surface area contributed by atoms with E-state index in [9.17, 15) is 18.5 Å². The molecule has 0 aromatic heterocycles. The van der Waals surface area contributed by atoms with E-state index in [1.165, 1.54) is 16.4 Å². The van der Waals surface area contributed by atoms with Crippen LogP contribution in [0.1, 0.15) is 0 Å². The zero-order chi connectivity index (χ0) is 13.3. The van der Waals surface area contributed by atoms with Gasteiger partial charge in [0.15, 0.2) is 0 Å². The Morgan fingerprint density at radius 1 is 1.33 bits per heavy atom. The van der Waals surface area contributed by atoms with Gasteiger partial charge in [-0.05, 0) is 12.1 Å². The molecule has 98 valence electrons. The van der Waals surface area contributed by atoms with Gasteiger partial charge in [-0.3, -0.25) is 10.1 Å². The maximum Gasteiger partial charge on any atom is 0.269 e. The van der Waals surface area contributed by atoms with Crippen LogP contribution in [0.3, 0.4) is 0 Å². The molecule has 0 spiro atoms. The number of nitro benzene ring substituents is 1. The van der Waals surface area contributed by atoms with Gasteiger partial charge in [-0.1, -0.05) is 0 Å². The van der Waals surface area contributed by atoms with E-state index in [0.717, 1.165) is 12.1 Å². The summed E-state index contributed by atoms with van der Waals surface area (Å²) in [5.74, 6) is -0.0159. The van der Waals surface area contributed by atoms with Crippen molar-refractivity contribution in [2.75, 3.05) is 19.7 Å². The van der Waals surface area contributed by atoms with Gasteiger partial charge in [0.25, 0.3) is 5.69 Å². The number of sulfonamides is 1. The SMILES string of the molecule is O=[N+]([O-])c1ccc(S(=O)(=O)N2CC(CO)C2)cc1. The maximum atomic E-state index is 12.0. The van der Waals surface area contributed by atoms with Crippen LogP contribution in [0.2, 0.25) is 0 Å². The predicted molar refractivity (Wildman–Crippen MR) is 62.4 cm³/mol. The fraction of sp³-hybridized carbons (Fsp3) is 0.400. The summed E-state index contributed by atoms with van der Waals surface area (Å²) in [7, 11) is -3.59. The van der Waals surface area contributed by atoms with Crippen LogP contribution in [0.5, 0.6) is 0 Å². The van der Waals surface area contributed by atoms with Crippen LogP contribution in [0.15, 0.2) is 29.2 Å². The standard InChI is InChI=1S/C10H12N2O5S/c13-7-8-5-11(6-8)18(16,17)10-3-1-9(2-4-10)12(14)15/h1-4,8,13H,5-7H2. The molecule has 1 fully saturated rings. The number of nitrogens with zero attached hydrogens (tertiary/aromatic N) is 2. The van der Waals surface area contributed by atoms with Crippen LogP contribution >= 0.6 is 0 Å². The molecule has 0 aliphatic carbocycles. The van der Waals surface area contributed by atoms with Gasteiger partial charge >= 0.3 is 0 Å². The summed E-state index contributed by atoms with van der Waals surface area (Å²) in [6.45, 7) is 0.540. The summed E-state index contributed by atoms with van der Waals surface area (Å²) in [6, 6.07) is 4.77. The molecule has 0 amide bonds. The molecule has 1 aromatic carbocycles. The van der Waals surface area contributed by atoms with Crippen molar-refractivity contribution in [1.82, 2.24) is 4.31 Å². The maximum absolute atomic E-state index is 12.0. The average molecular weight is 272 g/mol. The number of nitro groups is 1. The molecule has 7 nitrogen and oxygen atoms in total. The summed E-state index contributed by atoms with van der Waals surface area (Å²) in [5.41, 5.74) is -0.147. The van der Waals surface area contributed by atoms with E-state index in [1.54, 1.807) is 0 Å². The quantitative estimate of drug-likeness (QED) is 0.623. The number of hydrogen-bond donors (Lipinski definition) is 1. The van der Waals surface area contributed by atoms with Gasteiger partial charge in [0.2, 0.25) is 10.0 Å². The summed E-state index contributed by atoms with van der Waals surface area (Å²) < 4.78 is 25.3. The molecule has 0 unspecified atom stereocenters. The van der Waals surface area contributed by atoms with Crippen molar-refractivity contribution in [3.63, 3.8) is 0 Å².